The highest BCUT2D eigenvalue weighted by molar-refractivity contribution is 6.06. The maximum atomic E-state index is 12.9. The second-order valence-electron chi connectivity index (χ2n) is 10.2. The van der Waals surface area contributed by atoms with E-state index in [2.05, 4.69) is 47.9 Å². The van der Waals surface area contributed by atoms with Gasteiger partial charge in [0.25, 0.3) is 5.91 Å². The molecular weight excluding hydrogens is 422 g/mol. The fourth-order valence-corrected chi connectivity index (χ4v) is 5.54. The number of piperidine rings is 1. The minimum atomic E-state index is -0.226. The molecule has 2 atom stereocenters. The monoisotopic (exact) mass is 455 g/mol. The van der Waals surface area contributed by atoms with Crippen molar-refractivity contribution in [3.63, 3.8) is 0 Å². The summed E-state index contributed by atoms with van der Waals surface area (Å²) in [5, 5.41) is 13.3. The molecule has 5 rings (SSSR count). The first kappa shape index (κ1) is 22.6. The van der Waals surface area contributed by atoms with E-state index in [1.54, 1.807) is 30.5 Å². The molecule has 0 spiro atoms. The number of pyridine rings is 1. The second-order valence-corrected chi connectivity index (χ2v) is 10.2. The van der Waals surface area contributed by atoms with Crippen molar-refractivity contribution < 1.29 is 4.79 Å². The third kappa shape index (κ3) is 4.45. The van der Waals surface area contributed by atoms with Crippen LogP contribution in [0.1, 0.15) is 65.6 Å². The first-order chi connectivity index (χ1) is 16.4. The Bertz CT molecular complexity index is 1270. The molecule has 0 bridgehead atoms. The number of nitrogens with one attached hydrogen (secondary N) is 1. The number of rotatable bonds is 6. The van der Waals surface area contributed by atoms with E-state index in [0.717, 1.165) is 47.7 Å². The average molecular weight is 456 g/mol. The van der Waals surface area contributed by atoms with E-state index in [1.807, 2.05) is 0 Å². The molecule has 1 aliphatic heterocycles. The molecule has 2 aliphatic rings. The Balaban J connectivity index is 1.40. The third-order valence-electron chi connectivity index (χ3n) is 7.72. The van der Waals surface area contributed by atoms with Gasteiger partial charge in [0.1, 0.15) is 5.65 Å². The second kappa shape index (κ2) is 9.23. The van der Waals surface area contributed by atoms with E-state index in [9.17, 15) is 4.79 Å². The average Bonchev–Trinajstić information content (AvgIpc) is 3.61. The van der Waals surface area contributed by atoms with Gasteiger partial charge >= 0.3 is 0 Å². The molecule has 6 nitrogen and oxygen atoms in total. The molecule has 2 aromatic heterocycles. The topological polar surface area (TPSA) is 73.9 Å². The van der Waals surface area contributed by atoms with Crippen LogP contribution < -0.4 is 5.32 Å². The maximum Gasteiger partial charge on any atom is 0.255 e. The molecule has 0 unspecified atom stereocenters. The number of likely N-dealkylation sites (tertiary alicyclic amines) is 1. The Hall–Kier alpha value is -3.17. The number of nitriles is 1. The summed E-state index contributed by atoms with van der Waals surface area (Å²) in [6, 6.07) is 8.86. The normalized spacial score (nSPS) is 20.9. The third-order valence-corrected chi connectivity index (χ3v) is 7.72. The van der Waals surface area contributed by atoms with Crippen molar-refractivity contribution in [1.29, 1.82) is 5.26 Å². The molecule has 1 N–H and O–H groups in total. The molecule has 0 radical (unpaired) electrons. The van der Waals surface area contributed by atoms with Crippen LogP contribution in [-0.4, -0.2) is 40.0 Å². The molecule has 3 aromatic rings. The van der Waals surface area contributed by atoms with Gasteiger partial charge < -0.3 is 14.8 Å². The Morgan fingerprint density at radius 2 is 2.12 bits per heavy atom. The maximum absolute atomic E-state index is 12.9. The van der Waals surface area contributed by atoms with Gasteiger partial charge in [-0.2, -0.15) is 5.26 Å². The van der Waals surface area contributed by atoms with Gasteiger partial charge in [0.15, 0.2) is 0 Å². The molecule has 1 saturated heterocycles. The molecular formula is C28H33N5O. The summed E-state index contributed by atoms with van der Waals surface area (Å²) in [4.78, 5) is 20.3. The summed E-state index contributed by atoms with van der Waals surface area (Å²) >= 11 is 0. The summed E-state index contributed by atoms with van der Waals surface area (Å²) in [6.45, 7) is 7.98. The zero-order valence-electron chi connectivity index (χ0n) is 20.3. The van der Waals surface area contributed by atoms with Crippen LogP contribution in [0.3, 0.4) is 0 Å². The van der Waals surface area contributed by atoms with Crippen molar-refractivity contribution in [2.45, 2.75) is 45.4 Å². The summed E-state index contributed by atoms with van der Waals surface area (Å²) in [7, 11) is 2.05. The van der Waals surface area contributed by atoms with Gasteiger partial charge in [0, 0.05) is 30.7 Å². The minimum absolute atomic E-state index is 0.226. The van der Waals surface area contributed by atoms with Gasteiger partial charge in [-0.25, -0.2) is 4.98 Å². The number of benzene rings is 1. The van der Waals surface area contributed by atoms with Crippen LogP contribution in [0, 0.1) is 30.1 Å². The predicted octanol–water partition coefficient (Wildman–Crippen LogP) is 5.23. The number of hydrogen-bond donors (Lipinski definition) is 1. The van der Waals surface area contributed by atoms with Crippen molar-refractivity contribution in [3.8, 4) is 6.07 Å². The molecule has 3 heterocycles. The zero-order chi connectivity index (χ0) is 23.8. The van der Waals surface area contributed by atoms with Crippen LogP contribution in [-0.2, 0) is 7.05 Å². The van der Waals surface area contributed by atoms with E-state index in [4.69, 9.17) is 10.2 Å². The molecule has 1 aliphatic carbocycles. The van der Waals surface area contributed by atoms with E-state index in [-0.39, 0.29) is 5.91 Å². The van der Waals surface area contributed by atoms with Crippen LogP contribution in [0.15, 0.2) is 36.7 Å². The number of aryl methyl sites for hydroxylation is 2. The first-order valence-corrected chi connectivity index (χ1v) is 12.4. The number of fused-ring (bicyclic) bond motifs is 1. The number of carbonyl (C=O) groups is 1. The number of aromatic nitrogens is 2. The van der Waals surface area contributed by atoms with Crippen molar-refractivity contribution in [1.82, 2.24) is 14.5 Å². The lowest BCUT2D eigenvalue weighted by Gasteiger charge is -2.37. The van der Waals surface area contributed by atoms with Crippen LogP contribution in [0.4, 0.5) is 5.69 Å². The molecule has 1 amide bonds. The quantitative estimate of drug-likeness (QED) is 0.552. The first-order valence-electron chi connectivity index (χ1n) is 12.4. The molecule has 176 valence electrons. The van der Waals surface area contributed by atoms with Gasteiger partial charge in [0.05, 0.1) is 23.5 Å². The van der Waals surface area contributed by atoms with Crippen molar-refractivity contribution in [2.24, 2.45) is 18.9 Å². The predicted molar refractivity (Wildman–Crippen MR) is 135 cm³/mol. The van der Waals surface area contributed by atoms with Crippen molar-refractivity contribution in [2.75, 3.05) is 25.0 Å². The Kier molecular flexibility index (Phi) is 6.14. The molecule has 1 saturated carbocycles. The molecule has 2 fully saturated rings. The number of carbonyl (C=O) groups excluding carboxylic acids is 1. The Morgan fingerprint density at radius 3 is 2.85 bits per heavy atom. The van der Waals surface area contributed by atoms with Gasteiger partial charge in [-0.3, -0.25) is 4.79 Å². The van der Waals surface area contributed by atoms with E-state index < -0.39 is 0 Å². The highest BCUT2D eigenvalue weighted by Gasteiger charge is 2.31. The Labute approximate surface area is 201 Å². The molecule has 1 aromatic carbocycles. The number of nitrogens with zero attached hydrogens (tertiary/aromatic N) is 4. The smallest absolute Gasteiger partial charge is 0.255 e. The fraction of sp³-hybridized carbons (Fsp3) is 0.464. The van der Waals surface area contributed by atoms with Gasteiger partial charge in [0.2, 0.25) is 0 Å². The lowest BCUT2D eigenvalue weighted by atomic mass is 9.81. The lowest BCUT2D eigenvalue weighted by Crippen LogP contribution is -2.39. The lowest BCUT2D eigenvalue weighted by molar-refractivity contribution is 0.102. The van der Waals surface area contributed by atoms with Gasteiger partial charge in [-0.15, -0.1) is 0 Å². The SMILES string of the molecule is Cc1c(NC(=O)c2cccc(C#N)c2)cnc2c1c([C@@H]1CCN(CCC3CC3)C[C@@H]1C)cn2C. The van der Waals surface area contributed by atoms with Crippen LogP contribution >= 0.6 is 0 Å². The molecule has 6 heteroatoms. The fourth-order valence-electron chi connectivity index (χ4n) is 5.54. The van der Waals surface area contributed by atoms with E-state index >= 15 is 0 Å². The number of hydrogen-bond acceptors (Lipinski definition) is 4. The van der Waals surface area contributed by atoms with Crippen LogP contribution in [0.25, 0.3) is 11.0 Å². The zero-order valence-corrected chi connectivity index (χ0v) is 20.3. The van der Waals surface area contributed by atoms with Crippen molar-refractivity contribution >= 4 is 22.6 Å². The number of anilines is 1. The van der Waals surface area contributed by atoms with Crippen LogP contribution in [0.5, 0.6) is 0 Å². The highest BCUT2D eigenvalue weighted by atomic mass is 16.1. The number of amides is 1. The Morgan fingerprint density at radius 1 is 1.29 bits per heavy atom. The van der Waals surface area contributed by atoms with Crippen molar-refractivity contribution in [3.05, 3.63) is 58.9 Å². The van der Waals surface area contributed by atoms with E-state index in [1.165, 1.54) is 31.4 Å². The summed E-state index contributed by atoms with van der Waals surface area (Å²) in [5.74, 6) is 1.82. The van der Waals surface area contributed by atoms with Crippen LogP contribution in [0.2, 0.25) is 0 Å². The summed E-state index contributed by atoms with van der Waals surface area (Å²) < 4.78 is 2.12. The summed E-state index contributed by atoms with van der Waals surface area (Å²) in [6.07, 6.45) is 9.36. The highest BCUT2D eigenvalue weighted by Crippen LogP contribution is 2.40. The minimum Gasteiger partial charge on any atom is -0.335 e. The molecule has 34 heavy (non-hydrogen) atoms. The standard InChI is InChI=1S/C28H33N5O/c1-18-16-33(11-9-20-7-8-20)12-10-23(18)24-17-32(3)27-26(24)19(2)25(15-30-27)31-28(34)22-6-4-5-21(13-22)14-29/h4-6,13,15,17-18,20,23H,7-12,16H2,1-3H3,(H,31,34)/t18-,23+/m0/s1. The van der Waals surface area contributed by atoms with Gasteiger partial charge in [-0.1, -0.05) is 25.8 Å². The summed E-state index contributed by atoms with van der Waals surface area (Å²) in [5.41, 5.74) is 5.02. The largest absolute Gasteiger partial charge is 0.335 e. The van der Waals surface area contributed by atoms with E-state index in [0.29, 0.717) is 23.0 Å². The van der Waals surface area contributed by atoms with Gasteiger partial charge in [-0.05, 0) is 79.9 Å².